The van der Waals surface area contributed by atoms with E-state index in [1.165, 1.54) is 36.4 Å². The number of hydrogen-bond acceptors (Lipinski definition) is 11. The first kappa shape index (κ1) is 37.2. The van der Waals surface area contributed by atoms with Crippen LogP contribution in [0.1, 0.15) is 31.8 Å². The predicted molar refractivity (Wildman–Crippen MR) is 200 cm³/mol. The number of rotatable bonds is 8. The van der Waals surface area contributed by atoms with Gasteiger partial charge in [-0.25, -0.2) is 4.79 Å². The quantitative estimate of drug-likeness (QED) is 0.0795. The second-order valence-electron chi connectivity index (χ2n) is 12.2. The number of phenolic OH excluding ortho intramolecular Hbond substituents is 2. The molecule has 6 aromatic rings. The maximum atomic E-state index is 13.0. The molecule has 15 nitrogen and oxygen atoms in total. The molecule has 54 heavy (non-hydrogen) atoms. The molecule has 0 unspecified atom stereocenters. The minimum atomic E-state index is -4.71. The van der Waals surface area contributed by atoms with E-state index in [2.05, 4.69) is 21.3 Å². The summed E-state index contributed by atoms with van der Waals surface area (Å²) in [6.07, 6.45) is 0. The van der Waals surface area contributed by atoms with Gasteiger partial charge in [0.15, 0.2) is 0 Å². The highest BCUT2D eigenvalue weighted by Crippen LogP contribution is 2.37. The van der Waals surface area contributed by atoms with Gasteiger partial charge in [-0.1, -0.05) is 24.3 Å². The van der Waals surface area contributed by atoms with Gasteiger partial charge in [0.05, 0.1) is 0 Å². The molecule has 0 saturated carbocycles. The summed E-state index contributed by atoms with van der Waals surface area (Å²) in [6.45, 7) is 3.19. The van der Waals surface area contributed by atoms with Crippen LogP contribution in [0.5, 0.6) is 11.5 Å². The lowest BCUT2D eigenvalue weighted by Crippen LogP contribution is -2.42. The molecule has 0 radical (unpaired) electrons. The van der Waals surface area contributed by atoms with Crippen LogP contribution in [0.15, 0.2) is 107 Å². The Morgan fingerprint density at radius 1 is 0.537 bits per heavy atom. The number of carbonyl (C=O) groups is 3. The fourth-order valence-electron chi connectivity index (χ4n) is 6.04. The van der Waals surface area contributed by atoms with Gasteiger partial charge < -0.3 is 20.8 Å². The van der Waals surface area contributed by atoms with Crippen LogP contribution in [-0.2, 0) is 20.2 Å². The Kier molecular flexibility index (Phi) is 9.74. The lowest BCUT2D eigenvalue weighted by Gasteiger charge is -2.15. The van der Waals surface area contributed by atoms with Crippen LogP contribution in [0.3, 0.4) is 0 Å². The number of fused-ring (bicyclic) bond motifs is 2. The van der Waals surface area contributed by atoms with E-state index in [1.807, 2.05) is 0 Å². The summed E-state index contributed by atoms with van der Waals surface area (Å²) < 4.78 is 67.8. The molecule has 0 atom stereocenters. The molecule has 0 bridgehead atoms. The van der Waals surface area contributed by atoms with Crippen LogP contribution in [0.2, 0.25) is 0 Å². The highest BCUT2D eigenvalue weighted by molar-refractivity contribution is 7.86. The second-order valence-corrected chi connectivity index (χ2v) is 15.0. The molecule has 0 aromatic heterocycles. The Labute approximate surface area is 307 Å². The molecule has 0 aliphatic rings. The summed E-state index contributed by atoms with van der Waals surface area (Å²) >= 11 is 0. The van der Waals surface area contributed by atoms with Gasteiger partial charge in [0, 0.05) is 56.8 Å². The molecule has 8 N–H and O–H groups in total. The molecule has 6 rings (SSSR count). The number of urea groups is 1. The maximum Gasteiger partial charge on any atom is 0.328 e. The summed E-state index contributed by atoms with van der Waals surface area (Å²) in [5, 5.41) is 31.2. The first-order valence-electron chi connectivity index (χ1n) is 15.8. The molecule has 6 aromatic carbocycles. The van der Waals surface area contributed by atoms with E-state index >= 15 is 0 Å². The molecule has 0 spiro atoms. The molecule has 17 heteroatoms. The van der Waals surface area contributed by atoms with Crippen LogP contribution in [-0.4, -0.2) is 54.0 Å². The van der Waals surface area contributed by atoms with Crippen molar-refractivity contribution in [1.82, 2.24) is 10.6 Å². The molecule has 0 saturated heterocycles. The molecule has 0 aliphatic carbocycles. The number of imide groups is 2. The molecule has 0 fully saturated rings. The fourth-order valence-corrected chi connectivity index (χ4v) is 7.55. The fraction of sp³-hybridized carbons (Fsp3) is 0.0541. The predicted octanol–water partition coefficient (Wildman–Crippen LogP) is 6.28. The zero-order valence-corrected chi connectivity index (χ0v) is 29.8. The van der Waals surface area contributed by atoms with Crippen molar-refractivity contribution in [2.75, 3.05) is 10.6 Å². The summed E-state index contributed by atoms with van der Waals surface area (Å²) in [4.78, 5) is 37.7. The lowest BCUT2D eigenvalue weighted by molar-refractivity contribution is 0.0944. The average molecular weight is 771 g/mol. The summed E-state index contributed by atoms with van der Waals surface area (Å²) in [6, 6.07) is 21.9. The van der Waals surface area contributed by atoms with Crippen molar-refractivity contribution in [3.63, 3.8) is 0 Å². The Hall–Kier alpha value is -6.53. The van der Waals surface area contributed by atoms with Gasteiger partial charge in [0.2, 0.25) is 0 Å². The van der Waals surface area contributed by atoms with Gasteiger partial charge in [-0.05, 0) is 96.4 Å². The number of amides is 4. The number of phenols is 2. The minimum absolute atomic E-state index is 0.0945. The maximum absolute atomic E-state index is 13.0. The van der Waals surface area contributed by atoms with E-state index in [0.29, 0.717) is 33.3 Å². The van der Waals surface area contributed by atoms with Crippen LogP contribution < -0.4 is 21.3 Å². The van der Waals surface area contributed by atoms with Gasteiger partial charge in [-0.15, -0.1) is 0 Å². The van der Waals surface area contributed by atoms with Crippen LogP contribution in [0.25, 0.3) is 21.5 Å². The Morgan fingerprint density at radius 3 is 1.28 bits per heavy atom. The third-order valence-corrected chi connectivity index (χ3v) is 10.1. The van der Waals surface area contributed by atoms with E-state index in [1.54, 1.807) is 62.4 Å². The number of benzene rings is 6. The summed E-state index contributed by atoms with van der Waals surface area (Å²) in [7, 11) is -9.42. The van der Waals surface area contributed by atoms with Crippen molar-refractivity contribution in [2.24, 2.45) is 0 Å². The van der Waals surface area contributed by atoms with Gasteiger partial charge in [-0.3, -0.25) is 29.3 Å². The summed E-state index contributed by atoms with van der Waals surface area (Å²) in [5.41, 5.74) is 2.44. The van der Waals surface area contributed by atoms with E-state index in [4.69, 9.17) is 0 Å². The van der Waals surface area contributed by atoms with Crippen LogP contribution >= 0.6 is 0 Å². The Balaban J connectivity index is 1.14. The lowest BCUT2D eigenvalue weighted by atomic mass is 10.1. The number of carbonyl (C=O) groups excluding carboxylic acids is 3. The van der Waals surface area contributed by atoms with Crippen molar-refractivity contribution >= 4 is 82.4 Å². The van der Waals surface area contributed by atoms with Gasteiger partial charge >= 0.3 is 6.03 Å². The topological polar surface area (TPSA) is 249 Å². The van der Waals surface area contributed by atoms with Gasteiger partial charge in [-0.2, -0.15) is 16.8 Å². The average Bonchev–Trinajstić information content (AvgIpc) is 3.06. The third-order valence-electron chi connectivity index (χ3n) is 8.36. The van der Waals surface area contributed by atoms with Crippen molar-refractivity contribution < 1.29 is 50.5 Å². The zero-order chi connectivity index (χ0) is 39.1. The third kappa shape index (κ3) is 7.79. The molecule has 0 heterocycles. The SMILES string of the molecule is Cc1cc(Nc2cccc3cc(O)cc(S(=O)(=O)O)c23)ccc1C(=O)NC(=O)NC(=O)c1ccc(Nc2cccc3cc(O)cc(S(=O)(=O)O)c23)cc1C. The van der Waals surface area contributed by atoms with Crippen molar-refractivity contribution in [1.29, 1.82) is 0 Å². The van der Waals surface area contributed by atoms with Crippen molar-refractivity contribution in [2.45, 2.75) is 23.6 Å². The number of aryl methyl sites for hydroxylation is 2. The Bertz CT molecular complexity index is 2600. The number of nitrogens with one attached hydrogen (secondary N) is 4. The van der Waals surface area contributed by atoms with Crippen LogP contribution in [0, 0.1) is 13.8 Å². The Morgan fingerprint density at radius 2 is 0.926 bits per heavy atom. The smallest absolute Gasteiger partial charge is 0.328 e. The van der Waals surface area contributed by atoms with Crippen molar-refractivity contribution in [3.05, 3.63) is 119 Å². The first-order chi connectivity index (χ1) is 25.4. The standard InChI is InChI=1S/C37H30N4O11S2/c1-19-13-23(38-29-7-3-5-21-15-25(42)17-31(33(21)29)53(47,48)49)9-11-27(19)35(44)40-37(46)41-36(45)28-12-10-24(14-20(28)2)39-30-8-4-6-22-16-26(43)18-32(34(22)30)54(50,51)52/h3-18,38-39,42-43H,1-2H3,(H,47,48,49)(H,50,51,52)(H2,40,41,44,45,46). The van der Waals surface area contributed by atoms with E-state index < -0.39 is 47.9 Å². The van der Waals surface area contributed by atoms with Crippen molar-refractivity contribution in [3.8, 4) is 11.5 Å². The number of hydrogen-bond donors (Lipinski definition) is 8. The monoisotopic (exact) mass is 770 g/mol. The largest absolute Gasteiger partial charge is 0.508 e. The minimum Gasteiger partial charge on any atom is -0.508 e. The van der Waals surface area contributed by atoms with E-state index in [0.717, 1.165) is 12.1 Å². The second kappa shape index (κ2) is 14.1. The zero-order valence-electron chi connectivity index (χ0n) is 28.2. The van der Waals surface area contributed by atoms with E-state index in [9.17, 15) is 50.5 Å². The normalized spacial score (nSPS) is 11.6. The van der Waals surface area contributed by atoms with Gasteiger partial charge in [0.1, 0.15) is 21.3 Å². The van der Waals surface area contributed by atoms with E-state index in [-0.39, 0.29) is 44.8 Å². The molecular weight excluding hydrogens is 741 g/mol. The van der Waals surface area contributed by atoms with Crippen LogP contribution in [0.4, 0.5) is 27.5 Å². The van der Waals surface area contributed by atoms with Gasteiger partial charge in [0.25, 0.3) is 32.1 Å². The molecule has 4 amide bonds. The number of aromatic hydroxyl groups is 2. The number of anilines is 4. The molecular formula is C37H30N4O11S2. The highest BCUT2D eigenvalue weighted by atomic mass is 32.2. The summed E-state index contributed by atoms with van der Waals surface area (Å²) in [5.74, 6) is -2.34. The molecule has 276 valence electrons. The highest BCUT2D eigenvalue weighted by Gasteiger charge is 2.22. The molecule has 0 aliphatic heterocycles. The first-order valence-corrected chi connectivity index (χ1v) is 18.7.